The monoisotopic (exact) mass is 973 g/mol. The minimum absolute atomic E-state index is 0.00413. The molecule has 0 radical (unpaired) electrons. The molecule has 19 nitrogen and oxygen atoms in total. The molecule has 0 unspecified atom stereocenters. The predicted molar refractivity (Wildman–Crippen MR) is 236 cm³/mol. The van der Waals surface area contributed by atoms with Crippen molar-refractivity contribution in [3.8, 4) is 0 Å². The normalized spacial score (nSPS) is 55.7. The van der Waals surface area contributed by atoms with Crippen LogP contribution in [0.2, 0.25) is 0 Å². The van der Waals surface area contributed by atoms with Crippen LogP contribution in [-0.2, 0) is 38.0 Å². The van der Waals surface area contributed by atoms with E-state index in [1.54, 1.807) is 0 Å². The maximum Gasteiger partial charge on any atom is 0.337 e. The molecule has 390 valence electrons. The first-order chi connectivity index (χ1) is 31.7. The van der Waals surface area contributed by atoms with Crippen molar-refractivity contribution in [3.63, 3.8) is 0 Å². The van der Waals surface area contributed by atoms with Gasteiger partial charge in [0.2, 0.25) is 0 Å². The lowest BCUT2D eigenvalue weighted by Gasteiger charge is -2.72. The molecule has 0 aromatic rings. The van der Waals surface area contributed by atoms with Gasteiger partial charge in [0.25, 0.3) is 0 Å². The molecule has 19 heteroatoms. The zero-order chi connectivity index (χ0) is 50.0. The number of esters is 1. The summed E-state index contributed by atoms with van der Waals surface area (Å²) >= 11 is 0. The Kier molecular flexibility index (Phi) is 14.4. The molecule has 4 saturated carbocycles. The molecule has 26 atom stereocenters. The maximum absolute atomic E-state index is 13.1. The first-order valence-corrected chi connectivity index (χ1v) is 24.8. The van der Waals surface area contributed by atoms with Crippen molar-refractivity contribution in [2.45, 2.75) is 217 Å². The highest BCUT2D eigenvalue weighted by atomic mass is 16.8. The Hall–Kier alpha value is -1.47. The Morgan fingerprint density at radius 2 is 1.29 bits per heavy atom. The molecule has 5 aliphatic carbocycles. The highest BCUT2D eigenvalue weighted by molar-refractivity contribution is 5.75. The molecule has 7 fully saturated rings. The first-order valence-electron chi connectivity index (χ1n) is 24.8. The van der Waals surface area contributed by atoms with Crippen molar-refractivity contribution in [1.29, 1.82) is 0 Å². The van der Waals surface area contributed by atoms with Crippen molar-refractivity contribution in [2.24, 2.45) is 50.2 Å². The molecule has 0 aromatic heterocycles. The Balaban J connectivity index is 1.07. The van der Waals surface area contributed by atoms with Gasteiger partial charge in [-0.15, -0.1) is 0 Å². The summed E-state index contributed by atoms with van der Waals surface area (Å²) in [5.41, 5.74) is -1.09. The van der Waals surface area contributed by atoms with Crippen LogP contribution in [0.4, 0.5) is 0 Å². The van der Waals surface area contributed by atoms with Gasteiger partial charge >= 0.3 is 5.97 Å². The largest absolute Gasteiger partial charge is 0.467 e. The lowest BCUT2D eigenvalue weighted by Crippen LogP contribution is -2.68. The number of rotatable bonds is 9. The first kappa shape index (κ1) is 52.8. The number of ether oxygens (including phenoxy) is 7. The summed E-state index contributed by atoms with van der Waals surface area (Å²) < 4.78 is 41.7. The van der Waals surface area contributed by atoms with E-state index in [1.807, 2.05) is 6.92 Å². The van der Waals surface area contributed by atoms with Gasteiger partial charge in [-0.3, -0.25) is 0 Å². The fourth-order valence-electron chi connectivity index (χ4n) is 15.3. The summed E-state index contributed by atoms with van der Waals surface area (Å²) in [5.74, 6) is -0.619. The standard InChI is InChI=1S/C49H80O19/c1-21-28(52)30(54)34(58)41(63-21)67-36-31(55)29(53)24(19-50)64-42(36)68-37-33(57)32(56)35(40(61)62-9)66-43(37)65-27-13-14-47(6)25(44(27,2)3)12-15-49(8)26(47)11-10-22-23-18-45(4,20-51)38(59)39(60)46(23,5)16-17-48(22,49)7/h10,21,23-39,41-43,50-60H,11-20H2,1-9H3/t21-,23-,24+,25-,26+,27-,28-,29-,30+,31-,32-,33-,34+,35-,36+,37+,38-,39+,41-,42-,43+,45+,46+,47-,48+,49+/m0/s1. The summed E-state index contributed by atoms with van der Waals surface area (Å²) in [4.78, 5) is 13.1. The quantitative estimate of drug-likeness (QED) is 0.0808. The smallest absolute Gasteiger partial charge is 0.337 e. The summed E-state index contributed by atoms with van der Waals surface area (Å²) in [7, 11) is 1.11. The Bertz CT molecular complexity index is 1870. The maximum atomic E-state index is 13.1. The van der Waals surface area contributed by atoms with E-state index >= 15 is 0 Å². The number of fused-ring (bicyclic) bond motifs is 7. The van der Waals surface area contributed by atoms with E-state index in [1.165, 1.54) is 12.5 Å². The highest BCUT2D eigenvalue weighted by Gasteiger charge is 2.70. The second-order valence-corrected chi connectivity index (χ2v) is 23.8. The lowest BCUT2D eigenvalue weighted by atomic mass is 9.33. The Morgan fingerprint density at radius 3 is 1.93 bits per heavy atom. The SMILES string of the molecule is COC(=O)[C@H]1O[C@@H](O[C@H]2CC[C@]3(C)[C@H]4CC=C5[C@@H]6C[C@](C)(CO)[C@@H](O)[C@@H](O)[C@]6(C)CC[C@@]5(C)[C@]4(C)CC[C@H]3C2(C)C)[C@H](O[C@@H]2O[C@H](CO)[C@H](O)[C@H](O)[C@H]2O[C@@H]2O[C@@H](C)[C@H](O)[C@@H](O)[C@H]2O)[C@@H](O)[C@@H]1O. The minimum Gasteiger partial charge on any atom is -0.467 e. The minimum atomic E-state index is -1.92. The molecular weight excluding hydrogens is 893 g/mol. The van der Waals surface area contributed by atoms with Gasteiger partial charge in [0.1, 0.15) is 61.0 Å². The number of aliphatic hydroxyl groups is 11. The summed E-state index contributed by atoms with van der Waals surface area (Å²) in [6.07, 6.45) is -19.3. The van der Waals surface area contributed by atoms with Gasteiger partial charge in [0.15, 0.2) is 25.0 Å². The fourth-order valence-corrected chi connectivity index (χ4v) is 15.3. The van der Waals surface area contributed by atoms with E-state index in [0.29, 0.717) is 12.8 Å². The third-order valence-electron chi connectivity index (χ3n) is 20.0. The molecule has 0 amide bonds. The molecular formula is C49H80O19. The molecule has 3 saturated heterocycles. The van der Waals surface area contributed by atoms with Crippen LogP contribution in [0.5, 0.6) is 0 Å². The van der Waals surface area contributed by atoms with Crippen molar-refractivity contribution in [1.82, 2.24) is 0 Å². The average Bonchev–Trinajstić information content (AvgIpc) is 3.30. The Morgan fingerprint density at radius 1 is 0.662 bits per heavy atom. The van der Waals surface area contributed by atoms with E-state index in [0.717, 1.165) is 45.6 Å². The second kappa shape index (κ2) is 18.5. The summed E-state index contributed by atoms with van der Waals surface area (Å²) in [5, 5.41) is 121. The third-order valence-corrected chi connectivity index (χ3v) is 20.0. The molecule has 11 N–H and O–H groups in total. The summed E-state index contributed by atoms with van der Waals surface area (Å²) in [6, 6.07) is 0. The highest BCUT2D eigenvalue weighted by Crippen LogP contribution is 2.76. The van der Waals surface area contributed by atoms with E-state index in [9.17, 15) is 61.0 Å². The van der Waals surface area contributed by atoms with E-state index in [4.69, 9.17) is 33.2 Å². The molecule has 3 heterocycles. The average molecular weight is 973 g/mol. The van der Waals surface area contributed by atoms with Crippen LogP contribution in [0.1, 0.15) is 107 Å². The van der Waals surface area contributed by atoms with Gasteiger partial charge in [-0.05, 0) is 97.7 Å². The number of hydrogen-bond acceptors (Lipinski definition) is 19. The number of aliphatic hydroxyl groups excluding tert-OH is 11. The van der Waals surface area contributed by atoms with Gasteiger partial charge in [-0.2, -0.15) is 0 Å². The predicted octanol–water partition coefficient (Wildman–Crippen LogP) is -0.236. The fraction of sp³-hybridized carbons (Fsp3) is 0.939. The van der Waals surface area contributed by atoms with Crippen LogP contribution >= 0.6 is 0 Å². The molecule has 3 aliphatic heterocycles. The van der Waals surface area contributed by atoms with Crippen LogP contribution in [0.15, 0.2) is 11.6 Å². The molecule has 0 bridgehead atoms. The van der Waals surface area contributed by atoms with Gasteiger partial charge < -0.3 is 89.3 Å². The topological polar surface area (TPSA) is 304 Å². The number of carbonyl (C=O) groups excluding carboxylic acids is 1. The van der Waals surface area contributed by atoms with Gasteiger partial charge in [-0.1, -0.05) is 60.1 Å². The van der Waals surface area contributed by atoms with Crippen molar-refractivity contribution >= 4 is 5.97 Å². The van der Waals surface area contributed by atoms with Crippen molar-refractivity contribution < 1.29 is 94.1 Å². The van der Waals surface area contributed by atoms with Crippen LogP contribution in [-0.4, -0.2) is 193 Å². The molecule has 8 rings (SSSR count). The molecule has 0 spiro atoms. The number of allylic oxidation sites excluding steroid dienone is 2. The van der Waals surface area contributed by atoms with Crippen LogP contribution in [0.3, 0.4) is 0 Å². The van der Waals surface area contributed by atoms with Crippen molar-refractivity contribution in [2.75, 3.05) is 20.3 Å². The van der Waals surface area contributed by atoms with Gasteiger partial charge in [0, 0.05) is 10.8 Å². The summed E-state index contributed by atoms with van der Waals surface area (Å²) in [6.45, 7) is 15.9. The number of hydrogen-bond donors (Lipinski definition) is 11. The van der Waals surface area contributed by atoms with Crippen molar-refractivity contribution in [3.05, 3.63) is 11.6 Å². The van der Waals surface area contributed by atoms with E-state index in [2.05, 4.69) is 47.6 Å². The van der Waals surface area contributed by atoms with E-state index < -0.39 is 139 Å². The van der Waals surface area contributed by atoms with Crippen LogP contribution in [0.25, 0.3) is 0 Å². The zero-order valence-corrected chi connectivity index (χ0v) is 41.0. The third kappa shape index (κ3) is 7.90. The molecule has 0 aromatic carbocycles. The molecule has 8 aliphatic rings. The van der Waals surface area contributed by atoms with E-state index in [-0.39, 0.29) is 40.6 Å². The van der Waals surface area contributed by atoms with Gasteiger partial charge in [-0.25, -0.2) is 4.79 Å². The van der Waals surface area contributed by atoms with Crippen LogP contribution in [0, 0.1) is 50.2 Å². The van der Waals surface area contributed by atoms with Crippen LogP contribution < -0.4 is 0 Å². The second-order valence-electron chi connectivity index (χ2n) is 23.8. The van der Waals surface area contributed by atoms with Gasteiger partial charge in [0.05, 0.1) is 44.7 Å². The zero-order valence-electron chi connectivity index (χ0n) is 41.0. The lowest BCUT2D eigenvalue weighted by molar-refractivity contribution is -0.395. The number of methoxy groups -OCH3 is 1. The number of carbonyl (C=O) groups is 1. The molecule has 68 heavy (non-hydrogen) atoms. The Labute approximate surface area is 398 Å².